The van der Waals surface area contributed by atoms with Crippen LogP contribution in [0.25, 0.3) is 0 Å². The lowest BCUT2D eigenvalue weighted by atomic mass is 9.97. The van der Waals surface area contributed by atoms with E-state index in [2.05, 4.69) is 4.90 Å². The van der Waals surface area contributed by atoms with E-state index in [0.29, 0.717) is 38.6 Å². The number of ether oxygens (including phenoxy) is 1. The highest BCUT2D eigenvalue weighted by Crippen LogP contribution is 2.18. The molecule has 0 aliphatic carbocycles. The van der Waals surface area contributed by atoms with Gasteiger partial charge in [0, 0.05) is 33.3 Å². The normalized spacial score (nSPS) is 22.9. The molecule has 0 atom stereocenters. The van der Waals surface area contributed by atoms with Crippen LogP contribution in [0.4, 0.5) is 0 Å². The first-order valence-corrected chi connectivity index (χ1v) is 7.36. The molecule has 6 heteroatoms. The molecule has 0 unspecified atom stereocenters. The van der Waals surface area contributed by atoms with Crippen LogP contribution in [-0.2, 0) is 14.3 Å². The van der Waals surface area contributed by atoms with Gasteiger partial charge in [0.1, 0.15) is 0 Å². The Labute approximate surface area is 119 Å². The number of methoxy groups -OCH3 is 1. The highest BCUT2D eigenvalue weighted by atomic mass is 16.5. The molecule has 0 radical (unpaired) electrons. The predicted octanol–water partition coefficient (Wildman–Crippen LogP) is 0.420. The van der Waals surface area contributed by atoms with E-state index < -0.39 is 5.97 Å². The molecule has 1 N–H and O–H groups in total. The Morgan fingerprint density at radius 1 is 1.10 bits per heavy atom. The van der Waals surface area contributed by atoms with Gasteiger partial charge in [0.2, 0.25) is 5.91 Å². The summed E-state index contributed by atoms with van der Waals surface area (Å²) >= 11 is 0. The Morgan fingerprint density at radius 2 is 1.70 bits per heavy atom. The summed E-state index contributed by atoms with van der Waals surface area (Å²) in [7, 11) is 1.73. The van der Waals surface area contributed by atoms with Gasteiger partial charge in [0.15, 0.2) is 0 Å². The van der Waals surface area contributed by atoms with Gasteiger partial charge >= 0.3 is 5.97 Å². The third-order valence-electron chi connectivity index (χ3n) is 4.42. The number of carboxylic acid groups (broad SMARTS) is 1. The lowest BCUT2D eigenvalue weighted by Crippen LogP contribution is -2.47. The number of nitrogens with zero attached hydrogens (tertiary/aromatic N) is 2. The van der Waals surface area contributed by atoms with Crippen LogP contribution in [0.2, 0.25) is 0 Å². The van der Waals surface area contributed by atoms with Crippen molar-refractivity contribution in [3.63, 3.8) is 0 Å². The van der Waals surface area contributed by atoms with Crippen LogP contribution >= 0.6 is 0 Å². The minimum atomic E-state index is -0.737. The summed E-state index contributed by atoms with van der Waals surface area (Å²) in [5, 5.41) is 8.95. The zero-order valence-electron chi connectivity index (χ0n) is 12.1. The SMILES string of the molecule is COC1CCN(CC(=O)N2CCC(C(=O)O)CC2)CC1. The van der Waals surface area contributed by atoms with Gasteiger partial charge < -0.3 is 14.7 Å². The maximum Gasteiger partial charge on any atom is 0.306 e. The Bertz CT molecular complexity index is 345. The van der Waals surface area contributed by atoms with E-state index in [1.54, 1.807) is 7.11 Å². The van der Waals surface area contributed by atoms with Crippen molar-refractivity contribution in [2.24, 2.45) is 5.92 Å². The Kier molecular flexibility index (Phi) is 5.37. The molecule has 20 heavy (non-hydrogen) atoms. The standard InChI is InChI=1S/C14H24N2O4/c1-20-12-4-6-15(7-5-12)10-13(17)16-8-2-11(3-9-16)14(18)19/h11-12H,2-10H2,1H3,(H,18,19). The molecular weight excluding hydrogens is 260 g/mol. The van der Waals surface area contributed by atoms with Crippen LogP contribution in [0.5, 0.6) is 0 Å². The number of likely N-dealkylation sites (tertiary alicyclic amines) is 2. The zero-order valence-corrected chi connectivity index (χ0v) is 12.1. The van der Waals surface area contributed by atoms with Crippen molar-refractivity contribution in [1.29, 1.82) is 0 Å². The summed E-state index contributed by atoms with van der Waals surface area (Å²) in [5.41, 5.74) is 0. The first-order valence-electron chi connectivity index (χ1n) is 7.36. The van der Waals surface area contributed by atoms with E-state index >= 15 is 0 Å². The van der Waals surface area contributed by atoms with Crippen LogP contribution in [-0.4, -0.2) is 72.7 Å². The summed E-state index contributed by atoms with van der Waals surface area (Å²) in [6.07, 6.45) is 3.43. The average Bonchev–Trinajstić information content (AvgIpc) is 2.48. The highest BCUT2D eigenvalue weighted by molar-refractivity contribution is 5.79. The van der Waals surface area contributed by atoms with Crippen molar-refractivity contribution >= 4 is 11.9 Å². The van der Waals surface area contributed by atoms with Gasteiger partial charge in [0.05, 0.1) is 18.6 Å². The molecule has 2 rings (SSSR count). The molecule has 2 fully saturated rings. The molecule has 0 aromatic heterocycles. The molecular formula is C14H24N2O4. The van der Waals surface area contributed by atoms with E-state index in [1.807, 2.05) is 4.90 Å². The second kappa shape index (κ2) is 7.04. The molecule has 0 aromatic carbocycles. The van der Waals surface area contributed by atoms with Crippen LogP contribution in [0.3, 0.4) is 0 Å². The van der Waals surface area contributed by atoms with Gasteiger partial charge in [-0.25, -0.2) is 0 Å². The minimum absolute atomic E-state index is 0.129. The summed E-state index contributed by atoms with van der Waals surface area (Å²) in [5.74, 6) is -0.889. The van der Waals surface area contributed by atoms with Gasteiger partial charge in [-0.15, -0.1) is 0 Å². The molecule has 114 valence electrons. The molecule has 0 saturated carbocycles. The number of rotatable bonds is 4. The molecule has 2 heterocycles. The number of piperidine rings is 2. The third-order valence-corrected chi connectivity index (χ3v) is 4.42. The first-order chi connectivity index (χ1) is 9.60. The number of carbonyl (C=O) groups excluding carboxylic acids is 1. The van der Waals surface area contributed by atoms with Crippen LogP contribution in [0.15, 0.2) is 0 Å². The smallest absolute Gasteiger partial charge is 0.306 e. The average molecular weight is 284 g/mol. The second-order valence-electron chi connectivity index (χ2n) is 5.70. The van der Waals surface area contributed by atoms with Gasteiger partial charge in [-0.3, -0.25) is 14.5 Å². The topological polar surface area (TPSA) is 70.1 Å². The molecule has 2 saturated heterocycles. The lowest BCUT2D eigenvalue weighted by molar-refractivity contribution is -0.146. The molecule has 0 bridgehead atoms. The Morgan fingerprint density at radius 3 is 2.20 bits per heavy atom. The Balaban J connectivity index is 1.72. The maximum absolute atomic E-state index is 12.2. The van der Waals surface area contributed by atoms with Crippen molar-refractivity contribution in [2.75, 3.05) is 39.8 Å². The van der Waals surface area contributed by atoms with E-state index in [9.17, 15) is 9.59 Å². The third kappa shape index (κ3) is 3.93. The van der Waals surface area contributed by atoms with Crippen LogP contribution in [0, 0.1) is 5.92 Å². The van der Waals surface area contributed by atoms with Crippen LogP contribution < -0.4 is 0 Å². The highest BCUT2D eigenvalue weighted by Gasteiger charge is 2.28. The molecule has 2 aliphatic rings. The second-order valence-corrected chi connectivity index (χ2v) is 5.70. The van der Waals surface area contributed by atoms with E-state index in [4.69, 9.17) is 9.84 Å². The number of amides is 1. The summed E-state index contributed by atoms with van der Waals surface area (Å²) in [6, 6.07) is 0. The van der Waals surface area contributed by atoms with Gasteiger partial charge in [-0.05, 0) is 25.7 Å². The number of hydrogen-bond donors (Lipinski definition) is 1. The maximum atomic E-state index is 12.2. The number of carboxylic acids is 1. The van der Waals surface area contributed by atoms with Crippen molar-refractivity contribution in [2.45, 2.75) is 31.8 Å². The minimum Gasteiger partial charge on any atom is -0.481 e. The number of aliphatic carboxylic acids is 1. The molecule has 6 nitrogen and oxygen atoms in total. The Hall–Kier alpha value is -1.14. The zero-order chi connectivity index (χ0) is 14.5. The van der Waals surface area contributed by atoms with Crippen molar-refractivity contribution < 1.29 is 19.4 Å². The van der Waals surface area contributed by atoms with Crippen LogP contribution in [0.1, 0.15) is 25.7 Å². The summed E-state index contributed by atoms with van der Waals surface area (Å²) < 4.78 is 5.32. The molecule has 2 aliphatic heterocycles. The first kappa shape index (κ1) is 15.3. The fraction of sp³-hybridized carbons (Fsp3) is 0.857. The quantitative estimate of drug-likeness (QED) is 0.810. The largest absolute Gasteiger partial charge is 0.481 e. The number of carbonyl (C=O) groups is 2. The molecule has 0 aromatic rings. The van der Waals surface area contributed by atoms with Crippen molar-refractivity contribution in [3.05, 3.63) is 0 Å². The van der Waals surface area contributed by atoms with E-state index in [0.717, 1.165) is 25.9 Å². The lowest BCUT2D eigenvalue weighted by Gasteiger charge is -2.34. The molecule has 0 spiro atoms. The predicted molar refractivity (Wildman–Crippen MR) is 73.4 cm³/mol. The van der Waals surface area contributed by atoms with Gasteiger partial charge in [0.25, 0.3) is 0 Å². The van der Waals surface area contributed by atoms with Gasteiger partial charge in [-0.2, -0.15) is 0 Å². The number of hydrogen-bond acceptors (Lipinski definition) is 4. The monoisotopic (exact) mass is 284 g/mol. The fourth-order valence-electron chi connectivity index (χ4n) is 2.97. The summed E-state index contributed by atoms with van der Waals surface area (Å²) in [6.45, 7) is 3.40. The van der Waals surface area contributed by atoms with Crippen molar-refractivity contribution in [1.82, 2.24) is 9.80 Å². The van der Waals surface area contributed by atoms with Gasteiger partial charge in [-0.1, -0.05) is 0 Å². The molecule has 1 amide bonds. The van der Waals surface area contributed by atoms with E-state index in [-0.39, 0.29) is 11.8 Å². The fourth-order valence-corrected chi connectivity index (χ4v) is 2.97. The van der Waals surface area contributed by atoms with E-state index in [1.165, 1.54) is 0 Å². The summed E-state index contributed by atoms with van der Waals surface area (Å²) in [4.78, 5) is 27.1. The van der Waals surface area contributed by atoms with Crippen molar-refractivity contribution in [3.8, 4) is 0 Å².